The molecule has 0 radical (unpaired) electrons. The van der Waals surface area contributed by atoms with Crippen LogP contribution in [0.3, 0.4) is 0 Å². The number of aromatic amines is 1. The van der Waals surface area contributed by atoms with Crippen LogP contribution in [0.4, 0.5) is 0 Å². The van der Waals surface area contributed by atoms with E-state index in [4.69, 9.17) is 5.11 Å². The van der Waals surface area contributed by atoms with E-state index in [0.29, 0.717) is 16.9 Å². The Morgan fingerprint density at radius 1 is 1.35 bits per heavy atom. The summed E-state index contributed by atoms with van der Waals surface area (Å²) in [6, 6.07) is 2.68. The Bertz CT molecular complexity index is 594. The van der Waals surface area contributed by atoms with Crippen LogP contribution < -0.4 is 0 Å². The lowest BCUT2D eigenvalue weighted by Crippen LogP contribution is -2.12. The molecular formula is C12H14N2O3. The highest BCUT2D eigenvalue weighted by Crippen LogP contribution is 2.28. The average Bonchev–Trinajstić information content (AvgIpc) is 2.60. The predicted molar refractivity (Wildman–Crippen MR) is 63.4 cm³/mol. The minimum absolute atomic E-state index is 0.0408. The number of carboxylic acid groups (broad SMARTS) is 1. The number of imidazole rings is 1. The molecule has 0 saturated carbocycles. The number of H-pyrrole nitrogens is 1. The zero-order valence-electron chi connectivity index (χ0n) is 9.90. The molecule has 0 aliphatic heterocycles. The predicted octanol–water partition coefficient (Wildman–Crippen LogP) is 2.26. The summed E-state index contributed by atoms with van der Waals surface area (Å²) in [6.07, 6.45) is 0. The molecule has 0 unspecified atom stereocenters. The number of phenols is 1. The van der Waals surface area contributed by atoms with Crippen molar-refractivity contribution in [1.29, 1.82) is 0 Å². The smallest absolute Gasteiger partial charge is 0.335 e. The Balaban J connectivity index is 2.69. The number of aromatic hydroxyl groups is 1. The third-order valence-corrected chi connectivity index (χ3v) is 2.52. The lowest BCUT2D eigenvalue weighted by molar-refractivity contribution is 0.0696. The number of aromatic nitrogens is 2. The Kier molecular flexibility index (Phi) is 2.34. The second-order valence-corrected chi connectivity index (χ2v) is 5.03. The van der Waals surface area contributed by atoms with Crippen LogP contribution in [0.2, 0.25) is 0 Å². The van der Waals surface area contributed by atoms with E-state index >= 15 is 0 Å². The summed E-state index contributed by atoms with van der Waals surface area (Å²) < 4.78 is 0. The average molecular weight is 234 g/mol. The van der Waals surface area contributed by atoms with E-state index in [9.17, 15) is 9.90 Å². The Morgan fingerprint density at radius 3 is 2.53 bits per heavy atom. The largest absolute Gasteiger partial charge is 0.506 e. The number of aromatic carboxylic acids is 1. The molecule has 17 heavy (non-hydrogen) atoms. The first-order chi connectivity index (χ1) is 7.79. The zero-order valence-corrected chi connectivity index (χ0v) is 9.90. The van der Waals surface area contributed by atoms with Crippen LogP contribution >= 0.6 is 0 Å². The molecule has 2 rings (SSSR count). The summed E-state index contributed by atoms with van der Waals surface area (Å²) in [7, 11) is 0. The van der Waals surface area contributed by atoms with Crippen molar-refractivity contribution in [1.82, 2.24) is 9.97 Å². The van der Waals surface area contributed by atoms with Crippen molar-refractivity contribution in [2.24, 2.45) is 0 Å². The Morgan fingerprint density at radius 2 is 2.00 bits per heavy atom. The first-order valence-electron chi connectivity index (χ1n) is 5.25. The topological polar surface area (TPSA) is 86.2 Å². The van der Waals surface area contributed by atoms with Crippen LogP contribution in [0.25, 0.3) is 11.0 Å². The van der Waals surface area contributed by atoms with Gasteiger partial charge in [-0.15, -0.1) is 0 Å². The second-order valence-electron chi connectivity index (χ2n) is 5.03. The fourth-order valence-corrected chi connectivity index (χ4v) is 1.58. The van der Waals surface area contributed by atoms with Gasteiger partial charge in [0.1, 0.15) is 17.1 Å². The van der Waals surface area contributed by atoms with Crippen molar-refractivity contribution in [2.45, 2.75) is 26.2 Å². The normalized spacial score (nSPS) is 11.9. The maximum atomic E-state index is 10.9. The summed E-state index contributed by atoms with van der Waals surface area (Å²) >= 11 is 0. The summed E-state index contributed by atoms with van der Waals surface area (Å²) in [4.78, 5) is 18.2. The van der Waals surface area contributed by atoms with Crippen molar-refractivity contribution in [3.05, 3.63) is 23.5 Å². The summed E-state index contributed by atoms with van der Waals surface area (Å²) in [5.41, 5.74) is 0.792. The molecule has 2 aromatic rings. The fraction of sp³-hybridized carbons (Fsp3) is 0.333. The molecule has 0 amide bonds. The van der Waals surface area contributed by atoms with Gasteiger partial charge in [0.25, 0.3) is 0 Å². The highest BCUT2D eigenvalue weighted by molar-refractivity contribution is 5.94. The van der Waals surface area contributed by atoms with Crippen molar-refractivity contribution in [3.8, 4) is 5.75 Å². The lowest BCUT2D eigenvalue weighted by Gasteiger charge is -2.13. The minimum Gasteiger partial charge on any atom is -0.506 e. The number of benzene rings is 1. The molecule has 5 nitrogen and oxygen atoms in total. The number of nitrogens with one attached hydrogen (secondary N) is 1. The molecule has 1 aromatic heterocycles. The number of hydrogen-bond donors (Lipinski definition) is 3. The van der Waals surface area contributed by atoms with Crippen LogP contribution in [0.15, 0.2) is 12.1 Å². The molecule has 0 aliphatic carbocycles. The van der Waals surface area contributed by atoms with Gasteiger partial charge >= 0.3 is 5.97 Å². The van der Waals surface area contributed by atoms with Crippen molar-refractivity contribution >= 4 is 17.0 Å². The van der Waals surface area contributed by atoms with Crippen LogP contribution in [-0.4, -0.2) is 26.2 Å². The number of rotatable bonds is 1. The van der Waals surface area contributed by atoms with E-state index in [0.717, 1.165) is 0 Å². The molecule has 0 fully saturated rings. The molecular weight excluding hydrogens is 220 g/mol. The quantitative estimate of drug-likeness (QED) is 0.706. The number of fused-ring (bicyclic) bond motifs is 1. The zero-order chi connectivity index (χ0) is 12.8. The van der Waals surface area contributed by atoms with Crippen molar-refractivity contribution in [2.75, 3.05) is 0 Å². The SMILES string of the molecule is CC(C)(C)c1nc2c(O)cc(C(=O)O)cc2[nH]1. The van der Waals surface area contributed by atoms with Crippen molar-refractivity contribution < 1.29 is 15.0 Å². The maximum absolute atomic E-state index is 10.9. The van der Waals surface area contributed by atoms with Gasteiger partial charge in [-0.25, -0.2) is 9.78 Å². The van der Waals surface area contributed by atoms with E-state index in [2.05, 4.69) is 9.97 Å². The highest BCUT2D eigenvalue weighted by Gasteiger charge is 2.20. The van der Waals surface area contributed by atoms with Gasteiger partial charge in [0.15, 0.2) is 0 Å². The molecule has 90 valence electrons. The van der Waals surface area contributed by atoms with Gasteiger partial charge in [-0.3, -0.25) is 0 Å². The number of carboxylic acids is 1. The first kappa shape index (κ1) is 11.4. The van der Waals surface area contributed by atoms with Gasteiger partial charge in [-0.05, 0) is 12.1 Å². The Hall–Kier alpha value is -2.04. The van der Waals surface area contributed by atoms with Crippen LogP contribution in [0.5, 0.6) is 5.75 Å². The second kappa shape index (κ2) is 3.48. The van der Waals surface area contributed by atoms with Crippen LogP contribution in [0.1, 0.15) is 37.0 Å². The third kappa shape index (κ3) is 1.95. The molecule has 0 bridgehead atoms. The molecule has 1 heterocycles. The number of nitrogens with zero attached hydrogens (tertiary/aromatic N) is 1. The molecule has 5 heteroatoms. The number of carbonyl (C=O) groups is 1. The maximum Gasteiger partial charge on any atom is 0.335 e. The molecule has 0 saturated heterocycles. The molecule has 0 aliphatic rings. The molecule has 3 N–H and O–H groups in total. The standard InChI is InChI=1S/C12H14N2O3/c1-12(2,3)11-13-7-4-6(10(16)17)5-8(15)9(7)14-11/h4-5,15H,1-3H3,(H,13,14)(H,16,17). The molecule has 0 spiro atoms. The van der Waals surface area contributed by atoms with Gasteiger partial charge in [-0.2, -0.15) is 0 Å². The van der Waals surface area contributed by atoms with Gasteiger partial charge in [-0.1, -0.05) is 20.8 Å². The van der Waals surface area contributed by atoms with E-state index < -0.39 is 5.97 Å². The van der Waals surface area contributed by atoms with Gasteiger partial charge in [0, 0.05) is 5.41 Å². The fourth-order valence-electron chi connectivity index (χ4n) is 1.58. The third-order valence-electron chi connectivity index (χ3n) is 2.52. The number of phenolic OH excluding ortho intramolecular Hbond substituents is 1. The summed E-state index contributed by atoms with van der Waals surface area (Å²) in [5.74, 6) is -0.480. The van der Waals surface area contributed by atoms with E-state index in [1.165, 1.54) is 12.1 Å². The van der Waals surface area contributed by atoms with Crippen LogP contribution in [-0.2, 0) is 5.41 Å². The van der Waals surface area contributed by atoms with E-state index in [1.807, 2.05) is 20.8 Å². The summed E-state index contributed by atoms with van der Waals surface area (Å²) in [6.45, 7) is 5.96. The molecule has 0 atom stereocenters. The monoisotopic (exact) mass is 234 g/mol. The molecule has 1 aromatic carbocycles. The lowest BCUT2D eigenvalue weighted by atomic mass is 9.96. The van der Waals surface area contributed by atoms with E-state index in [1.54, 1.807) is 0 Å². The minimum atomic E-state index is -1.07. The van der Waals surface area contributed by atoms with Gasteiger partial charge in [0.05, 0.1) is 11.1 Å². The van der Waals surface area contributed by atoms with Crippen molar-refractivity contribution in [3.63, 3.8) is 0 Å². The Labute approximate surface area is 98.1 Å². The first-order valence-corrected chi connectivity index (χ1v) is 5.25. The van der Waals surface area contributed by atoms with E-state index in [-0.39, 0.29) is 16.7 Å². The van der Waals surface area contributed by atoms with Gasteiger partial charge in [0.2, 0.25) is 0 Å². The van der Waals surface area contributed by atoms with Gasteiger partial charge < -0.3 is 15.2 Å². The summed E-state index contributed by atoms with van der Waals surface area (Å²) in [5, 5.41) is 18.6. The number of hydrogen-bond acceptors (Lipinski definition) is 3. The van der Waals surface area contributed by atoms with Crippen LogP contribution in [0, 0.1) is 0 Å². The highest BCUT2D eigenvalue weighted by atomic mass is 16.4.